The predicted octanol–water partition coefficient (Wildman–Crippen LogP) is -2.93. The van der Waals surface area contributed by atoms with Gasteiger partial charge >= 0.3 is 35.5 Å². The molecule has 2 aliphatic heterocycles. The van der Waals surface area contributed by atoms with Crippen molar-refractivity contribution >= 4 is 35.5 Å². The molecule has 1 aromatic carbocycles. The molecule has 1 fully saturated rings. The number of carboxylic acid groups (broad SMARTS) is 1. The van der Waals surface area contributed by atoms with Crippen molar-refractivity contribution in [2.24, 2.45) is 0 Å². The average Bonchev–Trinajstić information content (AvgIpc) is 3.09. The van der Waals surface area contributed by atoms with Crippen molar-refractivity contribution in [3.8, 4) is 5.69 Å². The summed E-state index contributed by atoms with van der Waals surface area (Å²) in [6, 6.07) is 8.46. The molecule has 4 rings (SSSR count). The van der Waals surface area contributed by atoms with Crippen molar-refractivity contribution in [3.05, 3.63) is 58.6 Å². The summed E-state index contributed by atoms with van der Waals surface area (Å²) >= 11 is 1.28. The van der Waals surface area contributed by atoms with E-state index < -0.39 is 35.2 Å². The molecule has 0 aliphatic carbocycles. The maximum absolute atomic E-state index is 13.1. The van der Waals surface area contributed by atoms with Gasteiger partial charge in [-0.1, -0.05) is 18.2 Å². The maximum Gasteiger partial charge on any atom is 1.00 e. The number of aryl methyl sites for hydroxylation is 1. The van der Waals surface area contributed by atoms with E-state index in [2.05, 4.69) is 10.4 Å². The number of esters is 1. The summed E-state index contributed by atoms with van der Waals surface area (Å²) in [5.74, 6) is -2.89. The Bertz CT molecular complexity index is 1200. The number of fused-ring (bicyclic) bond motifs is 1. The number of β-lactam (4-membered cyclic amide) rings is 1. The van der Waals surface area contributed by atoms with Crippen LogP contribution in [0.15, 0.2) is 41.6 Å². The molecule has 2 unspecified atom stereocenters. The van der Waals surface area contributed by atoms with Crippen molar-refractivity contribution in [2.45, 2.75) is 32.2 Å². The van der Waals surface area contributed by atoms with E-state index in [1.165, 1.54) is 18.7 Å². The van der Waals surface area contributed by atoms with Crippen LogP contribution < -0.4 is 40.0 Å². The zero-order chi connectivity index (χ0) is 23.9. The van der Waals surface area contributed by atoms with Crippen molar-refractivity contribution < 1.29 is 58.6 Å². The Hall–Kier alpha value is -2.60. The number of carbonyl (C=O) groups excluding carboxylic acids is 4. The van der Waals surface area contributed by atoms with Gasteiger partial charge in [0.05, 0.1) is 34.3 Å². The van der Waals surface area contributed by atoms with Crippen LogP contribution in [-0.2, 0) is 19.1 Å². The third-order valence-electron chi connectivity index (χ3n) is 5.50. The predicted molar refractivity (Wildman–Crippen MR) is 116 cm³/mol. The molecular weight excluding hydrogens is 471 g/mol. The van der Waals surface area contributed by atoms with Gasteiger partial charge in [-0.2, -0.15) is 5.10 Å². The molecule has 2 aromatic rings. The van der Waals surface area contributed by atoms with Crippen LogP contribution in [0.25, 0.3) is 5.69 Å². The summed E-state index contributed by atoms with van der Waals surface area (Å²) < 4.78 is 6.56. The van der Waals surface area contributed by atoms with Gasteiger partial charge in [0.15, 0.2) is 0 Å². The molecule has 2 atom stereocenters. The molecular formula is C22H21N4NaO6S. The van der Waals surface area contributed by atoms with Gasteiger partial charge in [-0.15, -0.1) is 11.8 Å². The Balaban J connectivity index is 0.00000324. The average molecular weight is 492 g/mol. The topological polar surface area (TPSA) is 134 Å². The minimum Gasteiger partial charge on any atom is -0.543 e. The smallest absolute Gasteiger partial charge is 0.543 e. The molecule has 12 heteroatoms. The van der Waals surface area contributed by atoms with Gasteiger partial charge in [-0.3, -0.25) is 19.3 Å². The summed E-state index contributed by atoms with van der Waals surface area (Å²) in [6.07, 6.45) is 0. The number of para-hydroxylation sites is 1. The third-order valence-corrected chi connectivity index (χ3v) is 6.84. The van der Waals surface area contributed by atoms with Crippen LogP contribution in [-0.4, -0.2) is 62.2 Å². The van der Waals surface area contributed by atoms with Crippen molar-refractivity contribution in [3.63, 3.8) is 0 Å². The number of thioether (sulfide) groups is 1. The van der Waals surface area contributed by atoms with Gasteiger partial charge in [-0.05, 0) is 26.0 Å². The number of carbonyl (C=O) groups is 4. The molecule has 1 aromatic heterocycles. The molecule has 1 saturated heterocycles. The number of aliphatic carboxylic acids is 1. The van der Waals surface area contributed by atoms with Crippen LogP contribution in [0.1, 0.15) is 28.7 Å². The van der Waals surface area contributed by atoms with Crippen LogP contribution in [0.4, 0.5) is 0 Å². The van der Waals surface area contributed by atoms with Crippen LogP contribution in [0.2, 0.25) is 0 Å². The molecule has 3 heterocycles. The van der Waals surface area contributed by atoms with Crippen LogP contribution in [0, 0.1) is 13.8 Å². The van der Waals surface area contributed by atoms with Gasteiger partial charge in [0, 0.05) is 18.2 Å². The standard InChI is InChI=1S/C22H22N4O6S.Na/c1-11-16(12(2)26(24-11)15-7-5-4-6-8-15)19(28)23-17-20(29)25-18(22(30)31)14(9-32-13(3)27)10-33-21(17)25;/h4-8,17,21H,9-10H2,1-3H3,(H,23,28)(H,30,31);/q;+1/p-1. The van der Waals surface area contributed by atoms with E-state index in [4.69, 9.17) is 4.74 Å². The molecule has 0 saturated carbocycles. The van der Waals surface area contributed by atoms with Gasteiger partial charge in [0.2, 0.25) is 0 Å². The molecule has 0 spiro atoms. The first-order valence-corrected chi connectivity index (χ1v) is 11.2. The number of hydrogen-bond donors (Lipinski definition) is 1. The van der Waals surface area contributed by atoms with Crippen LogP contribution in [0.5, 0.6) is 0 Å². The normalized spacial score (nSPS) is 19.0. The Morgan fingerprint density at radius 3 is 2.53 bits per heavy atom. The zero-order valence-electron chi connectivity index (χ0n) is 19.2. The molecule has 0 radical (unpaired) electrons. The Labute approximate surface area is 222 Å². The first kappa shape index (κ1) is 26.0. The number of hydrogen-bond acceptors (Lipinski definition) is 8. The fourth-order valence-corrected chi connectivity index (χ4v) is 5.30. The Morgan fingerprint density at radius 1 is 1.24 bits per heavy atom. The Kier molecular flexibility index (Phi) is 7.91. The van der Waals surface area contributed by atoms with E-state index in [0.29, 0.717) is 17.0 Å². The zero-order valence-corrected chi connectivity index (χ0v) is 22.0. The summed E-state index contributed by atoms with van der Waals surface area (Å²) in [5.41, 5.74) is 2.26. The molecule has 2 amide bonds. The minimum atomic E-state index is -1.53. The van der Waals surface area contributed by atoms with Crippen molar-refractivity contribution in [1.29, 1.82) is 0 Å². The van der Waals surface area contributed by atoms with E-state index in [-0.39, 0.29) is 53.2 Å². The fourth-order valence-electron chi connectivity index (χ4n) is 3.98. The number of nitrogens with zero attached hydrogens (tertiary/aromatic N) is 3. The van der Waals surface area contributed by atoms with Crippen LogP contribution >= 0.6 is 11.8 Å². The third kappa shape index (κ3) is 4.65. The molecule has 10 nitrogen and oxygen atoms in total. The summed E-state index contributed by atoms with van der Waals surface area (Å²) in [4.78, 5) is 49.8. The van der Waals surface area contributed by atoms with Gasteiger partial charge in [-0.25, -0.2) is 4.68 Å². The van der Waals surface area contributed by atoms with Gasteiger partial charge < -0.3 is 20.0 Å². The van der Waals surface area contributed by atoms with Crippen molar-refractivity contribution in [1.82, 2.24) is 20.0 Å². The molecule has 1 N–H and O–H groups in total. The van der Waals surface area contributed by atoms with E-state index in [9.17, 15) is 24.3 Å². The second-order valence-electron chi connectivity index (χ2n) is 7.67. The van der Waals surface area contributed by atoms with Crippen LogP contribution in [0.3, 0.4) is 0 Å². The monoisotopic (exact) mass is 492 g/mol. The maximum atomic E-state index is 13.1. The number of nitrogens with one attached hydrogen (secondary N) is 1. The number of benzene rings is 1. The van der Waals surface area contributed by atoms with Gasteiger partial charge in [0.1, 0.15) is 18.0 Å². The van der Waals surface area contributed by atoms with E-state index in [0.717, 1.165) is 10.6 Å². The summed E-state index contributed by atoms with van der Waals surface area (Å²) in [7, 11) is 0. The second kappa shape index (κ2) is 10.3. The van der Waals surface area contributed by atoms with E-state index >= 15 is 0 Å². The van der Waals surface area contributed by atoms with E-state index in [1.54, 1.807) is 18.5 Å². The number of aromatic nitrogens is 2. The SMILES string of the molecule is CC(=O)OCC1=C(C(=O)[O-])N2C(=O)C(NC(=O)c3c(C)nn(-c4ccccc4)c3C)C2SC1.[Na+]. The minimum absolute atomic E-state index is 0. The molecule has 34 heavy (non-hydrogen) atoms. The molecule has 0 bridgehead atoms. The second-order valence-corrected chi connectivity index (χ2v) is 8.78. The first-order chi connectivity index (χ1) is 15.7. The van der Waals surface area contributed by atoms with E-state index in [1.807, 2.05) is 30.3 Å². The largest absolute Gasteiger partial charge is 1.00 e. The van der Waals surface area contributed by atoms with Crippen molar-refractivity contribution in [2.75, 3.05) is 12.4 Å². The summed E-state index contributed by atoms with van der Waals surface area (Å²) in [6.45, 7) is 4.45. The molecule has 172 valence electrons. The fraction of sp³-hybridized carbons (Fsp3) is 0.318. The quantitative estimate of drug-likeness (QED) is 0.258. The summed E-state index contributed by atoms with van der Waals surface area (Å²) in [5, 5.41) is 18.3. The van der Waals surface area contributed by atoms with Gasteiger partial charge in [0.25, 0.3) is 11.8 Å². The number of ether oxygens (including phenoxy) is 1. The number of carboxylic acids is 1. The first-order valence-electron chi connectivity index (χ1n) is 10.1. The molecule has 2 aliphatic rings. The Morgan fingerprint density at radius 2 is 1.91 bits per heavy atom. The number of rotatable bonds is 6. The number of amides is 2.